The number of hydrogen-bond acceptors (Lipinski definition) is 3. The first kappa shape index (κ1) is 10.8. The summed E-state index contributed by atoms with van der Waals surface area (Å²) in [5.41, 5.74) is 1.24. The van der Waals surface area contributed by atoms with Gasteiger partial charge in [0, 0.05) is 17.6 Å². The van der Waals surface area contributed by atoms with Gasteiger partial charge in [-0.3, -0.25) is 10.1 Å². The largest absolute Gasteiger partial charge is 0.380 e. The van der Waals surface area contributed by atoms with E-state index in [-0.39, 0.29) is 5.69 Å². The van der Waals surface area contributed by atoms with Crippen molar-refractivity contribution in [3.8, 4) is 0 Å². The Kier molecular flexibility index (Phi) is 3.30. The molecule has 5 heteroatoms. The van der Waals surface area contributed by atoms with Crippen molar-refractivity contribution in [2.75, 3.05) is 11.9 Å². The lowest BCUT2D eigenvalue weighted by Crippen LogP contribution is -2.01. The van der Waals surface area contributed by atoms with Crippen LogP contribution in [0.4, 0.5) is 11.4 Å². The van der Waals surface area contributed by atoms with Crippen molar-refractivity contribution in [1.82, 2.24) is 0 Å². The van der Waals surface area contributed by atoms with Crippen molar-refractivity contribution in [1.29, 1.82) is 0 Å². The van der Waals surface area contributed by atoms with Crippen molar-refractivity contribution in [2.24, 2.45) is 0 Å². The summed E-state index contributed by atoms with van der Waals surface area (Å²) in [6.45, 7) is 4.24. The fraction of sp³-hybridized carbons (Fsp3) is 0.333. The molecule has 0 atom stereocenters. The predicted octanol–water partition coefficient (Wildman–Crippen LogP) is 2.99. The molecule has 0 fully saturated rings. The van der Waals surface area contributed by atoms with E-state index in [1.807, 2.05) is 6.92 Å². The summed E-state index contributed by atoms with van der Waals surface area (Å²) in [4.78, 5) is 10.3. The highest BCUT2D eigenvalue weighted by Crippen LogP contribution is 2.30. The average Bonchev–Trinajstić information content (AvgIpc) is 2.11. The number of benzene rings is 1. The Bertz CT molecular complexity index is 366. The molecule has 76 valence electrons. The lowest BCUT2D eigenvalue weighted by Gasteiger charge is -2.06. The van der Waals surface area contributed by atoms with Gasteiger partial charge in [0.2, 0.25) is 0 Å². The Morgan fingerprint density at radius 1 is 1.57 bits per heavy atom. The minimum Gasteiger partial charge on any atom is -0.380 e. The SMILES string of the molecule is CCNc1cc(Cl)c(C)cc1[N+](=O)[O-]. The quantitative estimate of drug-likeness (QED) is 0.622. The van der Waals surface area contributed by atoms with Gasteiger partial charge in [-0.05, 0) is 25.5 Å². The second-order valence-corrected chi connectivity index (χ2v) is 3.31. The molecule has 1 aromatic carbocycles. The smallest absolute Gasteiger partial charge is 0.292 e. The zero-order chi connectivity index (χ0) is 10.7. The summed E-state index contributed by atoms with van der Waals surface area (Å²) in [5.74, 6) is 0. The molecule has 0 saturated heterocycles. The van der Waals surface area contributed by atoms with E-state index in [9.17, 15) is 10.1 Å². The molecular weight excluding hydrogens is 204 g/mol. The Morgan fingerprint density at radius 3 is 2.71 bits per heavy atom. The van der Waals surface area contributed by atoms with E-state index in [0.29, 0.717) is 22.8 Å². The summed E-state index contributed by atoms with van der Waals surface area (Å²) in [6.07, 6.45) is 0. The topological polar surface area (TPSA) is 55.2 Å². The van der Waals surface area contributed by atoms with E-state index in [4.69, 9.17) is 11.6 Å². The third kappa shape index (κ3) is 2.14. The van der Waals surface area contributed by atoms with Crippen LogP contribution in [0.5, 0.6) is 0 Å². The second-order valence-electron chi connectivity index (χ2n) is 2.91. The molecule has 0 saturated carbocycles. The summed E-state index contributed by atoms with van der Waals surface area (Å²) in [7, 11) is 0. The van der Waals surface area contributed by atoms with Gasteiger partial charge >= 0.3 is 0 Å². The van der Waals surface area contributed by atoms with E-state index in [1.54, 1.807) is 13.0 Å². The molecule has 4 nitrogen and oxygen atoms in total. The standard InChI is InChI=1S/C9H11ClN2O2/c1-3-11-8-5-7(10)6(2)4-9(8)12(13)14/h4-5,11H,3H2,1-2H3. The molecule has 0 radical (unpaired) electrons. The number of nitrogens with one attached hydrogen (secondary N) is 1. The normalized spacial score (nSPS) is 9.93. The van der Waals surface area contributed by atoms with Gasteiger partial charge in [0.05, 0.1) is 4.92 Å². The van der Waals surface area contributed by atoms with Crippen LogP contribution >= 0.6 is 11.6 Å². The molecule has 0 heterocycles. The van der Waals surface area contributed by atoms with E-state index in [1.165, 1.54) is 6.07 Å². The Hall–Kier alpha value is -1.29. The van der Waals surface area contributed by atoms with Crippen molar-refractivity contribution in [3.63, 3.8) is 0 Å². The maximum Gasteiger partial charge on any atom is 0.292 e. The van der Waals surface area contributed by atoms with Crippen LogP contribution in [0.25, 0.3) is 0 Å². The molecule has 0 unspecified atom stereocenters. The number of nitro benzene ring substituents is 1. The first-order chi connectivity index (χ1) is 6.56. The number of aryl methyl sites for hydroxylation is 1. The van der Waals surface area contributed by atoms with Crippen molar-refractivity contribution in [3.05, 3.63) is 32.8 Å². The van der Waals surface area contributed by atoms with Gasteiger partial charge in [0.1, 0.15) is 5.69 Å². The molecular formula is C9H11ClN2O2. The Labute approximate surface area is 87.0 Å². The van der Waals surface area contributed by atoms with Crippen LogP contribution in [0.1, 0.15) is 12.5 Å². The minimum atomic E-state index is -0.415. The summed E-state index contributed by atoms with van der Waals surface area (Å²) in [5, 5.41) is 14.1. The van der Waals surface area contributed by atoms with Gasteiger partial charge in [-0.2, -0.15) is 0 Å². The van der Waals surface area contributed by atoms with Gasteiger partial charge < -0.3 is 5.32 Å². The van der Waals surface area contributed by atoms with E-state index in [2.05, 4.69) is 5.32 Å². The van der Waals surface area contributed by atoms with Crippen LogP contribution in [0.3, 0.4) is 0 Å². The third-order valence-corrected chi connectivity index (χ3v) is 2.25. The molecule has 14 heavy (non-hydrogen) atoms. The molecule has 0 spiro atoms. The fourth-order valence-electron chi connectivity index (χ4n) is 1.15. The maximum atomic E-state index is 10.7. The molecule has 0 bridgehead atoms. The molecule has 0 aliphatic rings. The first-order valence-corrected chi connectivity index (χ1v) is 4.62. The van der Waals surface area contributed by atoms with Crippen LogP contribution in [0.2, 0.25) is 5.02 Å². The predicted molar refractivity (Wildman–Crippen MR) is 57.0 cm³/mol. The molecule has 0 aliphatic heterocycles. The fourth-order valence-corrected chi connectivity index (χ4v) is 1.31. The Morgan fingerprint density at radius 2 is 2.21 bits per heavy atom. The van der Waals surface area contributed by atoms with Crippen LogP contribution < -0.4 is 5.32 Å². The Balaban J connectivity index is 3.24. The highest BCUT2D eigenvalue weighted by molar-refractivity contribution is 6.31. The maximum absolute atomic E-state index is 10.7. The number of nitrogens with zero attached hydrogens (tertiary/aromatic N) is 1. The molecule has 0 amide bonds. The van der Waals surface area contributed by atoms with Crippen LogP contribution in [-0.4, -0.2) is 11.5 Å². The van der Waals surface area contributed by atoms with Crippen molar-refractivity contribution >= 4 is 23.0 Å². The van der Waals surface area contributed by atoms with Gasteiger partial charge in [0.15, 0.2) is 0 Å². The zero-order valence-electron chi connectivity index (χ0n) is 8.00. The van der Waals surface area contributed by atoms with Crippen molar-refractivity contribution in [2.45, 2.75) is 13.8 Å². The van der Waals surface area contributed by atoms with Gasteiger partial charge in [-0.25, -0.2) is 0 Å². The highest BCUT2D eigenvalue weighted by atomic mass is 35.5. The van der Waals surface area contributed by atoms with Crippen molar-refractivity contribution < 1.29 is 4.92 Å². The van der Waals surface area contributed by atoms with E-state index >= 15 is 0 Å². The van der Waals surface area contributed by atoms with Gasteiger partial charge in [-0.1, -0.05) is 11.6 Å². The lowest BCUT2D eigenvalue weighted by molar-refractivity contribution is -0.384. The minimum absolute atomic E-state index is 0.0637. The zero-order valence-corrected chi connectivity index (χ0v) is 8.76. The van der Waals surface area contributed by atoms with E-state index < -0.39 is 4.92 Å². The van der Waals surface area contributed by atoms with E-state index in [0.717, 1.165) is 0 Å². The molecule has 0 aromatic heterocycles. The number of hydrogen-bond donors (Lipinski definition) is 1. The third-order valence-electron chi connectivity index (χ3n) is 1.84. The molecule has 0 aliphatic carbocycles. The number of nitro groups is 1. The monoisotopic (exact) mass is 214 g/mol. The number of halogens is 1. The van der Waals surface area contributed by atoms with Gasteiger partial charge in [-0.15, -0.1) is 0 Å². The second kappa shape index (κ2) is 4.28. The highest BCUT2D eigenvalue weighted by Gasteiger charge is 2.14. The number of rotatable bonds is 3. The first-order valence-electron chi connectivity index (χ1n) is 4.24. The molecule has 1 rings (SSSR count). The summed E-state index contributed by atoms with van der Waals surface area (Å²) < 4.78 is 0. The molecule has 1 N–H and O–H groups in total. The molecule has 1 aromatic rings. The summed E-state index contributed by atoms with van der Waals surface area (Å²) in [6, 6.07) is 3.05. The van der Waals surface area contributed by atoms with Crippen LogP contribution in [0.15, 0.2) is 12.1 Å². The number of anilines is 1. The van der Waals surface area contributed by atoms with Crippen LogP contribution in [-0.2, 0) is 0 Å². The lowest BCUT2D eigenvalue weighted by atomic mass is 10.2. The van der Waals surface area contributed by atoms with Crippen LogP contribution in [0, 0.1) is 17.0 Å². The average molecular weight is 215 g/mol. The summed E-state index contributed by atoms with van der Waals surface area (Å²) >= 11 is 5.86. The van der Waals surface area contributed by atoms with Gasteiger partial charge in [0.25, 0.3) is 5.69 Å².